The number of aryl methyl sites for hydroxylation is 2. The van der Waals surface area contributed by atoms with Gasteiger partial charge in [0.15, 0.2) is 0 Å². The van der Waals surface area contributed by atoms with Gasteiger partial charge in [0.05, 0.1) is 31.4 Å². The van der Waals surface area contributed by atoms with Crippen molar-refractivity contribution in [3.8, 4) is 0 Å². The van der Waals surface area contributed by atoms with Crippen molar-refractivity contribution in [2.24, 2.45) is 7.05 Å². The SMILES string of the molecule is COC(=O)C1=C(Nc2ccc3c(C)n(C)nc3c2)C(=O)N(CCO)C1. The molecule has 2 N–H and O–H groups in total. The Morgan fingerprint density at radius 3 is 2.88 bits per heavy atom. The molecule has 1 aliphatic heterocycles. The van der Waals surface area contributed by atoms with Crippen molar-refractivity contribution in [1.82, 2.24) is 14.7 Å². The molecule has 0 radical (unpaired) electrons. The summed E-state index contributed by atoms with van der Waals surface area (Å²) in [6, 6.07) is 5.58. The van der Waals surface area contributed by atoms with E-state index in [1.165, 1.54) is 12.0 Å². The number of hydrogen-bond acceptors (Lipinski definition) is 6. The molecule has 0 atom stereocenters. The lowest BCUT2D eigenvalue weighted by Crippen LogP contribution is -2.31. The molecule has 0 bridgehead atoms. The molecule has 0 unspecified atom stereocenters. The molecule has 0 saturated carbocycles. The Morgan fingerprint density at radius 2 is 2.20 bits per heavy atom. The number of rotatable bonds is 5. The number of aliphatic hydroxyl groups is 1. The molecule has 132 valence electrons. The first-order valence-corrected chi connectivity index (χ1v) is 7.88. The lowest BCUT2D eigenvalue weighted by Gasteiger charge is -2.15. The molecular weight excluding hydrogens is 324 g/mol. The number of β-amino-alcohol motifs (C(OH)–C–C–N with tert-alkyl or cyclic N) is 1. The fourth-order valence-corrected chi connectivity index (χ4v) is 2.90. The highest BCUT2D eigenvalue weighted by Crippen LogP contribution is 2.26. The maximum absolute atomic E-state index is 12.5. The van der Waals surface area contributed by atoms with Crippen LogP contribution in [0.4, 0.5) is 5.69 Å². The van der Waals surface area contributed by atoms with Gasteiger partial charge in [0.25, 0.3) is 5.91 Å². The zero-order chi connectivity index (χ0) is 18.1. The molecule has 3 rings (SSSR count). The third-order valence-electron chi connectivity index (χ3n) is 4.35. The van der Waals surface area contributed by atoms with Crippen LogP contribution in [0.2, 0.25) is 0 Å². The molecule has 1 aromatic heterocycles. The highest BCUT2D eigenvalue weighted by atomic mass is 16.5. The molecule has 8 nitrogen and oxygen atoms in total. The zero-order valence-corrected chi connectivity index (χ0v) is 14.4. The van der Waals surface area contributed by atoms with E-state index in [2.05, 4.69) is 10.4 Å². The third kappa shape index (κ3) is 2.96. The van der Waals surface area contributed by atoms with Crippen molar-refractivity contribution in [3.05, 3.63) is 35.2 Å². The number of amides is 1. The summed E-state index contributed by atoms with van der Waals surface area (Å²) in [4.78, 5) is 25.9. The van der Waals surface area contributed by atoms with Crippen LogP contribution in [0.3, 0.4) is 0 Å². The van der Waals surface area contributed by atoms with E-state index in [1.54, 1.807) is 4.68 Å². The minimum Gasteiger partial charge on any atom is -0.466 e. The lowest BCUT2D eigenvalue weighted by atomic mass is 10.2. The van der Waals surface area contributed by atoms with E-state index in [9.17, 15) is 9.59 Å². The van der Waals surface area contributed by atoms with Gasteiger partial charge in [-0.2, -0.15) is 5.10 Å². The van der Waals surface area contributed by atoms with Gasteiger partial charge in [-0.15, -0.1) is 0 Å². The van der Waals surface area contributed by atoms with Gasteiger partial charge in [0.1, 0.15) is 5.70 Å². The lowest BCUT2D eigenvalue weighted by molar-refractivity contribution is -0.136. The second kappa shape index (κ2) is 6.56. The summed E-state index contributed by atoms with van der Waals surface area (Å²) in [5.74, 6) is -0.905. The van der Waals surface area contributed by atoms with Crippen LogP contribution in [-0.2, 0) is 21.4 Å². The average Bonchev–Trinajstić information content (AvgIpc) is 3.05. The number of nitrogens with zero attached hydrogens (tertiary/aromatic N) is 3. The van der Waals surface area contributed by atoms with Crippen molar-refractivity contribution in [3.63, 3.8) is 0 Å². The molecule has 1 amide bonds. The average molecular weight is 344 g/mol. The smallest absolute Gasteiger partial charge is 0.337 e. The highest BCUT2D eigenvalue weighted by molar-refractivity contribution is 6.08. The van der Waals surface area contributed by atoms with E-state index in [-0.39, 0.29) is 36.9 Å². The minimum absolute atomic E-state index is 0.110. The summed E-state index contributed by atoms with van der Waals surface area (Å²) >= 11 is 0. The Labute approximate surface area is 144 Å². The van der Waals surface area contributed by atoms with Gasteiger partial charge in [-0.05, 0) is 25.1 Å². The number of methoxy groups -OCH3 is 1. The number of anilines is 1. The Balaban J connectivity index is 1.95. The van der Waals surface area contributed by atoms with Gasteiger partial charge in [-0.3, -0.25) is 9.48 Å². The number of esters is 1. The van der Waals surface area contributed by atoms with Crippen molar-refractivity contribution >= 4 is 28.5 Å². The van der Waals surface area contributed by atoms with E-state index in [1.807, 2.05) is 32.2 Å². The molecule has 25 heavy (non-hydrogen) atoms. The highest BCUT2D eigenvalue weighted by Gasteiger charge is 2.34. The van der Waals surface area contributed by atoms with Crippen LogP contribution < -0.4 is 5.32 Å². The molecule has 1 aliphatic rings. The number of hydrogen-bond donors (Lipinski definition) is 2. The van der Waals surface area contributed by atoms with E-state index in [4.69, 9.17) is 9.84 Å². The van der Waals surface area contributed by atoms with E-state index >= 15 is 0 Å². The Morgan fingerprint density at radius 1 is 1.44 bits per heavy atom. The fraction of sp³-hybridized carbons (Fsp3) is 0.353. The molecule has 1 aromatic carbocycles. The molecule has 2 aromatic rings. The maximum Gasteiger partial charge on any atom is 0.337 e. The van der Waals surface area contributed by atoms with Crippen molar-refractivity contribution in [2.45, 2.75) is 6.92 Å². The first-order chi connectivity index (χ1) is 12.0. The molecule has 0 aliphatic carbocycles. The number of benzene rings is 1. The van der Waals surface area contributed by atoms with Gasteiger partial charge in [0.2, 0.25) is 0 Å². The standard InChI is InChI=1S/C17H20N4O4/c1-10-12-5-4-11(8-14(12)19-20(10)2)18-15-13(17(24)25-3)9-21(6-7-22)16(15)23/h4-5,8,18,22H,6-7,9H2,1-3H3. The summed E-state index contributed by atoms with van der Waals surface area (Å²) in [5.41, 5.74) is 2.91. The quantitative estimate of drug-likeness (QED) is 0.769. The van der Waals surface area contributed by atoms with E-state index in [0.717, 1.165) is 16.6 Å². The van der Waals surface area contributed by atoms with Crippen LogP contribution in [-0.4, -0.2) is 58.5 Å². The normalized spacial score (nSPS) is 14.6. The predicted octanol–water partition coefficient (Wildman–Crippen LogP) is 0.555. The predicted molar refractivity (Wildman–Crippen MR) is 91.8 cm³/mol. The number of carbonyl (C=O) groups excluding carboxylic acids is 2. The molecule has 0 saturated heterocycles. The fourth-order valence-electron chi connectivity index (χ4n) is 2.90. The summed E-state index contributed by atoms with van der Waals surface area (Å²) in [6.45, 7) is 2.07. The zero-order valence-electron chi connectivity index (χ0n) is 14.4. The van der Waals surface area contributed by atoms with E-state index in [0.29, 0.717) is 5.69 Å². The number of aromatic nitrogens is 2. The van der Waals surface area contributed by atoms with Crippen LogP contribution in [0.15, 0.2) is 29.5 Å². The van der Waals surface area contributed by atoms with Gasteiger partial charge in [-0.25, -0.2) is 4.79 Å². The Hall–Kier alpha value is -2.87. The van der Waals surface area contributed by atoms with Crippen LogP contribution in [0, 0.1) is 6.92 Å². The van der Waals surface area contributed by atoms with Crippen molar-refractivity contribution < 1.29 is 19.4 Å². The van der Waals surface area contributed by atoms with Crippen LogP contribution in [0.1, 0.15) is 5.69 Å². The Bertz CT molecular complexity index is 884. The largest absolute Gasteiger partial charge is 0.466 e. The van der Waals surface area contributed by atoms with E-state index < -0.39 is 5.97 Å². The summed E-state index contributed by atoms with van der Waals surface area (Å²) in [7, 11) is 3.14. The summed E-state index contributed by atoms with van der Waals surface area (Å²) in [5, 5.41) is 17.6. The first kappa shape index (κ1) is 17.0. The molecular formula is C17H20N4O4. The first-order valence-electron chi connectivity index (χ1n) is 7.88. The Kier molecular flexibility index (Phi) is 4.45. The topological polar surface area (TPSA) is 96.7 Å². The maximum atomic E-state index is 12.5. The number of carbonyl (C=O) groups is 2. The van der Waals surface area contributed by atoms with Crippen LogP contribution in [0.5, 0.6) is 0 Å². The molecule has 2 heterocycles. The van der Waals surface area contributed by atoms with Gasteiger partial charge >= 0.3 is 5.97 Å². The number of nitrogens with one attached hydrogen (secondary N) is 1. The van der Waals surface area contributed by atoms with Gasteiger partial charge in [0, 0.05) is 30.4 Å². The monoisotopic (exact) mass is 344 g/mol. The third-order valence-corrected chi connectivity index (χ3v) is 4.35. The van der Waals surface area contributed by atoms with Gasteiger partial charge < -0.3 is 20.1 Å². The summed E-state index contributed by atoms with van der Waals surface area (Å²) in [6.07, 6.45) is 0. The number of aliphatic hydroxyl groups excluding tert-OH is 1. The summed E-state index contributed by atoms with van der Waals surface area (Å²) < 4.78 is 6.56. The minimum atomic E-state index is -0.564. The molecule has 0 fully saturated rings. The molecule has 0 spiro atoms. The van der Waals surface area contributed by atoms with Crippen LogP contribution in [0.25, 0.3) is 10.9 Å². The van der Waals surface area contributed by atoms with Crippen molar-refractivity contribution in [2.75, 3.05) is 32.1 Å². The second-order valence-corrected chi connectivity index (χ2v) is 5.86. The van der Waals surface area contributed by atoms with Crippen molar-refractivity contribution in [1.29, 1.82) is 0 Å². The van der Waals surface area contributed by atoms with Gasteiger partial charge in [-0.1, -0.05) is 0 Å². The second-order valence-electron chi connectivity index (χ2n) is 5.86. The van der Waals surface area contributed by atoms with Crippen LogP contribution >= 0.6 is 0 Å². The number of ether oxygens (including phenoxy) is 1. The molecule has 8 heteroatoms. The number of fused-ring (bicyclic) bond motifs is 1.